The fraction of sp³-hybridized carbons (Fsp3) is 0.500. The molecule has 0 unspecified atom stereocenters. The van der Waals surface area contributed by atoms with E-state index in [0.717, 1.165) is 11.3 Å². The molecule has 0 spiro atoms. The van der Waals surface area contributed by atoms with Crippen LogP contribution in [0.15, 0.2) is 20.1 Å². The first-order valence-corrected chi connectivity index (χ1v) is 7.66. The molecule has 0 amide bonds. The van der Waals surface area contributed by atoms with Gasteiger partial charge in [0.05, 0.1) is 19.8 Å². The first kappa shape index (κ1) is 15.0. The number of rotatable bonds is 6. The lowest BCUT2D eigenvalue weighted by molar-refractivity contribution is 0.0582. The van der Waals surface area contributed by atoms with Crippen LogP contribution in [-0.2, 0) is 10.0 Å². The second-order valence-corrected chi connectivity index (χ2v) is 7.06. The smallest absolute Gasteiger partial charge is 0.251 e. The van der Waals surface area contributed by atoms with Crippen LogP contribution in [0.1, 0.15) is 0 Å². The summed E-state index contributed by atoms with van der Waals surface area (Å²) in [5, 5.41) is 28.7. The minimum absolute atomic E-state index is 0.0252. The van der Waals surface area contributed by atoms with Crippen LogP contribution in [0.3, 0.4) is 0 Å². The van der Waals surface area contributed by atoms with Gasteiger partial charge in [0, 0.05) is 4.47 Å². The minimum atomic E-state index is -3.90. The van der Waals surface area contributed by atoms with Gasteiger partial charge in [0.25, 0.3) is 10.0 Å². The van der Waals surface area contributed by atoms with E-state index in [1.54, 1.807) is 11.4 Å². The van der Waals surface area contributed by atoms with Gasteiger partial charge in [-0.15, -0.1) is 11.3 Å². The van der Waals surface area contributed by atoms with Crippen LogP contribution in [0.25, 0.3) is 0 Å². The molecule has 98 valence electrons. The number of halogens is 1. The van der Waals surface area contributed by atoms with Gasteiger partial charge in [0.15, 0.2) is 0 Å². The Bertz CT molecular complexity index is 460. The van der Waals surface area contributed by atoms with E-state index in [1.165, 1.54) is 0 Å². The van der Waals surface area contributed by atoms with E-state index in [4.69, 9.17) is 15.3 Å². The second kappa shape index (κ2) is 5.74. The quantitative estimate of drug-likeness (QED) is 0.556. The molecule has 0 fully saturated rings. The summed E-state index contributed by atoms with van der Waals surface area (Å²) in [5.74, 6) is 0. The summed E-state index contributed by atoms with van der Waals surface area (Å²) in [6.07, 6.45) is 0. The average molecular weight is 346 g/mol. The maximum atomic E-state index is 11.9. The van der Waals surface area contributed by atoms with Gasteiger partial charge >= 0.3 is 0 Å². The summed E-state index contributed by atoms with van der Waals surface area (Å²) in [7, 11) is -3.90. The molecule has 0 aliphatic rings. The van der Waals surface area contributed by atoms with E-state index < -0.39 is 35.4 Å². The van der Waals surface area contributed by atoms with Gasteiger partial charge in [0.2, 0.25) is 0 Å². The summed E-state index contributed by atoms with van der Waals surface area (Å²) in [4.78, 5) is 0. The number of hydrogen-bond donors (Lipinski definition) is 4. The maximum Gasteiger partial charge on any atom is 0.251 e. The van der Waals surface area contributed by atoms with Crippen molar-refractivity contribution >= 4 is 37.3 Å². The molecule has 1 rings (SSSR count). The van der Waals surface area contributed by atoms with Gasteiger partial charge in [0.1, 0.15) is 9.75 Å². The molecule has 0 aliphatic heterocycles. The molecule has 0 bridgehead atoms. The zero-order valence-electron chi connectivity index (χ0n) is 8.63. The number of aliphatic hydroxyl groups excluding tert-OH is 3. The highest BCUT2D eigenvalue weighted by Crippen LogP contribution is 2.28. The van der Waals surface area contributed by atoms with Crippen molar-refractivity contribution in [2.75, 3.05) is 19.8 Å². The van der Waals surface area contributed by atoms with Crippen LogP contribution in [0.5, 0.6) is 0 Å². The van der Waals surface area contributed by atoms with Crippen LogP contribution in [0, 0.1) is 0 Å². The largest absolute Gasteiger partial charge is 0.394 e. The fourth-order valence-electron chi connectivity index (χ4n) is 1.05. The average Bonchev–Trinajstić information content (AvgIpc) is 2.73. The van der Waals surface area contributed by atoms with E-state index in [1.807, 2.05) is 0 Å². The summed E-state index contributed by atoms with van der Waals surface area (Å²) in [5.41, 5.74) is -1.66. The van der Waals surface area contributed by atoms with E-state index in [2.05, 4.69) is 20.7 Å². The van der Waals surface area contributed by atoms with Crippen molar-refractivity contribution in [2.24, 2.45) is 0 Å². The predicted molar refractivity (Wildman–Crippen MR) is 66.3 cm³/mol. The van der Waals surface area contributed by atoms with Gasteiger partial charge < -0.3 is 15.3 Å². The van der Waals surface area contributed by atoms with E-state index >= 15 is 0 Å². The lowest BCUT2D eigenvalue weighted by Gasteiger charge is -2.27. The SMILES string of the molecule is O=S(=O)(NC(CO)(CO)CO)c1sccc1Br. The molecule has 0 atom stereocenters. The van der Waals surface area contributed by atoms with Crippen LogP contribution in [-0.4, -0.2) is 49.1 Å². The molecule has 0 radical (unpaired) electrons. The summed E-state index contributed by atoms with van der Waals surface area (Å²) in [6.45, 7) is -2.12. The van der Waals surface area contributed by atoms with Crippen molar-refractivity contribution in [1.29, 1.82) is 0 Å². The molecule has 6 nitrogen and oxygen atoms in total. The molecule has 0 saturated carbocycles. The Morgan fingerprint density at radius 2 is 1.82 bits per heavy atom. The number of sulfonamides is 1. The monoisotopic (exact) mass is 345 g/mol. The van der Waals surface area contributed by atoms with Gasteiger partial charge in [-0.3, -0.25) is 0 Å². The highest BCUT2D eigenvalue weighted by molar-refractivity contribution is 9.10. The molecule has 0 aliphatic carbocycles. The third kappa shape index (κ3) is 3.25. The van der Waals surface area contributed by atoms with Crippen molar-refractivity contribution in [3.8, 4) is 0 Å². The van der Waals surface area contributed by atoms with E-state index in [-0.39, 0.29) is 4.21 Å². The summed E-state index contributed by atoms with van der Waals surface area (Å²) in [6, 6.07) is 1.57. The second-order valence-electron chi connectivity index (χ2n) is 3.42. The molecule has 1 aromatic rings. The van der Waals surface area contributed by atoms with Crippen molar-refractivity contribution in [3.63, 3.8) is 0 Å². The van der Waals surface area contributed by atoms with E-state index in [9.17, 15) is 8.42 Å². The molecular formula is C8H12BrNO5S2. The van der Waals surface area contributed by atoms with Crippen LogP contribution in [0.4, 0.5) is 0 Å². The topological polar surface area (TPSA) is 107 Å². The van der Waals surface area contributed by atoms with Gasteiger partial charge in [-0.25, -0.2) is 8.42 Å². The number of hydrogen-bond acceptors (Lipinski definition) is 6. The number of aliphatic hydroxyl groups is 3. The molecule has 1 aromatic heterocycles. The molecular weight excluding hydrogens is 334 g/mol. The Hall–Kier alpha value is -0.0300. The van der Waals surface area contributed by atoms with Crippen LogP contribution >= 0.6 is 27.3 Å². The molecule has 0 saturated heterocycles. The molecule has 0 aromatic carbocycles. The first-order valence-electron chi connectivity index (χ1n) is 4.50. The molecule has 1 heterocycles. The maximum absolute atomic E-state index is 11.9. The Labute approximate surface area is 111 Å². The zero-order valence-corrected chi connectivity index (χ0v) is 11.8. The molecule has 9 heteroatoms. The van der Waals surface area contributed by atoms with Crippen molar-refractivity contribution in [3.05, 3.63) is 15.9 Å². The standard InChI is InChI=1S/C8H12BrNO5S2/c9-6-1-2-16-7(6)17(14,15)10-8(3-11,4-12)5-13/h1-2,10-13H,3-5H2. The van der Waals surface area contributed by atoms with Gasteiger partial charge in [-0.05, 0) is 27.4 Å². The van der Waals surface area contributed by atoms with E-state index in [0.29, 0.717) is 4.47 Å². The predicted octanol–water partition coefficient (Wildman–Crippen LogP) is -0.495. The summed E-state index contributed by atoms with van der Waals surface area (Å²) < 4.78 is 26.4. The Kier molecular flexibility index (Phi) is 5.07. The lowest BCUT2D eigenvalue weighted by Crippen LogP contribution is -2.56. The lowest BCUT2D eigenvalue weighted by atomic mass is 10.1. The zero-order chi connectivity index (χ0) is 13.1. The van der Waals surface area contributed by atoms with Crippen molar-refractivity contribution < 1.29 is 23.7 Å². The normalized spacial score (nSPS) is 12.9. The highest BCUT2D eigenvalue weighted by Gasteiger charge is 2.35. The third-order valence-electron chi connectivity index (χ3n) is 2.09. The fourth-order valence-corrected chi connectivity index (χ4v) is 4.76. The minimum Gasteiger partial charge on any atom is -0.394 e. The molecule has 4 N–H and O–H groups in total. The third-order valence-corrected chi connectivity index (χ3v) is 6.34. The number of nitrogens with one attached hydrogen (secondary N) is 1. The van der Waals surface area contributed by atoms with Crippen LogP contribution < -0.4 is 4.72 Å². The van der Waals surface area contributed by atoms with Crippen molar-refractivity contribution in [2.45, 2.75) is 9.75 Å². The van der Waals surface area contributed by atoms with Crippen LogP contribution in [0.2, 0.25) is 0 Å². The Morgan fingerprint density at radius 1 is 1.29 bits per heavy atom. The van der Waals surface area contributed by atoms with Crippen molar-refractivity contribution in [1.82, 2.24) is 4.72 Å². The first-order chi connectivity index (χ1) is 7.90. The summed E-state index contributed by atoms with van der Waals surface area (Å²) >= 11 is 4.07. The van der Waals surface area contributed by atoms with Gasteiger partial charge in [-0.2, -0.15) is 4.72 Å². The highest BCUT2D eigenvalue weighted by atomic mass is 79.9. The number of thiophene rings is 1. The Morgan fingerprint density at radius 3 is 2.18 bits per heavy atom. The molecule has 17 heavy (non-hydrogen) atoms. The van der Waals surface area contributed by atoms with Gasteiger partial charge in [-0.1, -0.05) is 0 Å². The Balaban J connectivity index is 3.05.